The van der Waals surface area contributed by atoms with Crippen LogP contribution >= 0.6 is 0 Å². The number of nitrogens with one attached hydrogen (secondary N) is 1. The number of hydrogen-bond donors (Lipinski definition) is 1. The highest BCUT2D eigenvalue weighted by Gasteiger charge is 2.06. The lowest BCUT2D eigenvalue weighted by Crippen LogP contribution is -1.83. The second-order valence-electron chi connectivity index (χ2n) is 4.22. The number of benzene rings is 1. The molecular formula is C15H9FN4. The highest BCUT2D eigenvalue weighted by atomic mass is 19.1. The second kappa shape index (κ2) is 4.94. The maximum Gasteiger partial charge on any atom is 0.140 e. The van der Waals surface area contributed by atoms with E-state index < -0.39 is 0 Å². The average Bonchev–Trinajstić information content (AvgIpc) is 2.98. The number of halogens is 1. The molecule has 3 aromatic rings. The standard InChI is InChI=1S/C15H9FN4/c16-12-4-1-10(2-5-12)14-7-15(20-19-14)11-3-6-13(8-17)18-9-11/h1-7,9H,(H,19,20). The Balaban J connectivity index is 1.93. The van der Waals surface area contributed by atoms with E-state index in [4.69, 9.17) is 5.26 Å². The number of H-pyrrole nitrogens is 1. The number of pyridine rings is 1. The van der Waals surface area contributed by atoms with Crippen molar-refractivity contribution in [3.8, 4) is 28.6 Å². The molecule has 20 heavy (non-hydrogen) atoms. The number of nitriles is 1. The normalized spacial score (nSPS) is 10.2. The molecule has 3 rings (SSSR count). The molecule has 0 unspecified atom stereocenters. The Labute approximate surface area is 114 Å². The van der Waals surface area contributed by atoms with Gasteiger partial charge in [0, 0.05) is 11.8 Å². The van der Waals surface area contributed by atoms with Gasteiger partial charge >= 0.3 is 0 Å². The van der Waals surface area contributed by atoms with E-state index in [-0.39, 0.29) is 5.82 Å². The molecule has 0 saturated carbocycles. The quantitative estimate of drug-likeness (QED) is 0.773. The van der Waals surface area contributed by atoms with Gasteiger partial charge in [-0.05, 0) is 48.0 Å². The highest BCUT2D eigenvalue weighted by molar-refractivity contribution is 5.67. The number of hydrogen-bond acceptors (Lipinski definition) is 3. The van der Waals surface area contributed by atoms with Gasteiger partial charge in [-0.15, -0.1) is 0 Å². The van der Waals surface area contributed by atoms with Crippen molar-refractivity contribution in [2.45, 2.75) is 0 Å². The van der Waals surface area contributed by atoms with E-state index in [0.717, 1.165) is 22.5 Å². The Morgan fingerprint density at radius 3 is 2.45 bits per heavy atom. The van der Waals surface area contributed by atoms with E-state index in [2.05, 4.69) is 15.2 Å². The third kappa shape index (κ3) is 2.27. The van der Waals surface area contributed by atoms with Crippen molar-refractivity contribution in [2.75, 3.05) is 0 Å². The molecule has 0 fully saturated rings. The van der Waals surface area contributed by atoms with Gasteiger partial charge in [0.2, 0.25) is 0 Å². The summed E-state index contributed by atoms with van der Waals surface area (Å²) in [6.45, 7) is 0. The number of rotatable bonds is 2. The summed E-state index contributed by atoms with van der Waals surface area (Å²) < 4.78 is 12.9. The van der Waals surface area contributed by atoms with Crippen molar-refractivity contribution in [2.24, 2.45) is 0 Å². The van der Waals surface area contributed by atoms with E-state index in [1.807, 2.05) is 12.1 Å². The number of aromatic amines is 1. The third-order valence-electron chi connectivity index (χ3n) is 2.91. The summed E-state index contributed by atoms with van der Waals surface area (Å²) in [5.41, 5.74) is 3.55. The Kier molecular flexibility index (Phi) is 2.98. The van der Waals surface area contributed by atoms with Crippen LogP contribution in [0.25, 0.3) is 22.5 Å². The van der Waals surface area contributed by atoms with Gasteiger partial charge in [-0.25, -0.2) is 9.37 Å². The average molecular weight is 264 g/mol. The molecule has 1 N–H and O–H groups in total. The first-order chi connectivity index (χ1) is 9.76. The first-order valence-corrected chi connectivity index (χ1v) is 5.94. The second-order valence-corrected chi connectivity index (χ2v) is 4.22. The molecule has 0 spiro atoms. The molecule has 0 amide bonds. The van der Waals surface area contributed by atoms with Crippen LogP contribution in [0.3, 0.4) is 0 Å². The largest absolute Gasteiger partial charge is 0.277 e. The fourth-order valence-corrected chi connectivity index (χ4v) is 1.86. The molecule has 2 heterocycles. The van der Waals surface area contributed by atoms with Crippen LogP contribution in [0.1, 0.15) is 5.69 Å². The molecule has 2 aromatic heterocycles. The highest BCUT2D eigenvalue weighted by Crippen LogP contribution is 2.23. The Hall–Kier alpha value is -3.00. The topological polar surface area (TPSA) is 65.4 Å². The molecule has 0 aliphatic rings. The molecule has 0 bridgehead atoms. The molecule has 4 nitrogen and oxygen atoms in total. The Morgan fingerprint density at radius 1 is 1.05 bits per heavy atom. The van der Waals surface area contributed by atoms with Crippen LogP contribution in [0.15, 0.2) is 48.7 Å². The van der Waals surface area contributed by atoms with Gasteiger partial charge in [-0.3, -0.25) is 5.10 Å². The first-order valence-electron chi connectivity index (χ1n) is 5.94. The molecule has 0 aliphatic heterocycles. The van der Waals surface area contributed by atoms with E-state index in [1.165, 1.54) is 12.1 Å². The van der Waals surface area contributed by atoms with E-state index in [9.17, 15) is 4.39 Å². The van der Waals surface area contributed by atoms with Crippen LogP contribution in [0.2, 0.25) is 0 Å². The molecule has 0 aliphatic carbocycles. The van der Waals surface area contributed by atoms with Gasteiger partial charge in [0.25, 0.3) is 0 Å². The third-order valence-corrected chi connectivity index (χ3v) is 2.91. The summed E-state index contributed by atoms with van der Waals surface area (Å²) in [4.78, 5) is 4.00. The van der Waals surface area contributed by atoms with Crippen LogP contribution in [-0.4, -0.2) is 15.2 Å². The van der Waals surface area contributed by atoms with Gasteiger partial charge in [0.1, 0.15) is 17.6 Å². The lowest BCUT2D eigenvalue weighted by molar-refractivity contribution is 0.628. The monoisotopic (exact) mass is 264 g/mol. The van der Waals surface area contributed by atoms with Gasteiger partial charge in [-0.2, -0.15) is 10.4 Å². The predicted octanol–water partition coefficient (Wildman–Crippen LogP) is 3.15. The predicted molar refractivity (Wildman–Crippen MR) is 71.9 cm³/mol. The van der Waals surface area contributed by atoms with E-state index >= 15 is 0 Å². The van der Waals surface area contributed by atoms with E-state index in [1.54, 1.807) is 30.5 Å². The van der Waals surface area contributed by atoms with Crippen molar-refractivity contribution in [1.29, 1.82) is 5.26 Å². The SMILES string of the molecule is N#Cc1ccc(-c2cc(-c3ccc(F)cc3)[nH]n2)cn1. The van der Waals surface area contributed by atoms with Crippen molar-refractivity contribution >= 4 is 0 Å². The van der Waals surface area contributed by atoms with Crippen molar-refractivity contribution in [1.82, 2.24) is 15.2 Å². The smallest absolute Gasteiger partial charge is 0.140 e. The van der Waals surface area contributed by atoms with Crippen molar-refractivity contribution < 1.29 is 4.39 Å². The summed E-state index contributed by atoms with van der Waals surface area (Å²) in [7, 11) is 0. The van der Waals surface area contributed by atoms with Crippen molar-refractivity contribution in [3.63, 3.8) is 0 Å². The fourth-order valence-electron chi connectivity index (χ4n) is 1.86. The summed E-state index contributed by atoms with van der Waals surface area (Å²) in [5.74, 6) is -0.273. The molecule has 1 aromatic carbocycles. The van der Waals surface area contributed by atoms with Crippen LogP contribution in [-0.2, 0) is 0 Å². The fraction of sp³-hybridized carbons (Fsp3) is 0. The zero-order valence-electron chi connectivity index (χ0n) is 10.3. The summed E-state index contributed by atoms with van der Waals surface area (Å²) in [6.07, 6.45) is 1.60. The first kappa shape index (κ1) is 12.1. The minimum Gasteiger partial charge on any atom is -0.277 e. The van der Waals surface area contributed by atoms with Crippen LogP contribution in [0.4, 0.5) is 4.39 Å². The van der Waals surface area contributed by atoms with Gasteiger partial charge in [0.15, 0.2) is 0 Å². The van der Waals surface area contributed by atoms with Gasteiger partial charge in [-0.1, -0.05) is 0 Å². The summed E-state index contributed by atoms with van der Waals surface area (Å²) in [5, 5.41) is 15.8. The zero-order chi connectivity index (χ0) is 13.9. The number of aromatic nitrogens is 3. The number of nitrogens with zero attached hydrogens (tertiary/aromatic N) is 3. The Bertz CT molecular complexity index is 767. The molecular weight excluding hydrogens is 255 g/mol. The van der Waals surface area contributed by atoms with E-state index in [0.29, 0.717) is 5.69 Å². The molecule has 96 valence electrons. The maximum atomic E-state index is 12.9. The summed E-state index contributed by atoms with van der Waals surface area (Å²) in [6, 6.07) is 13.4. The lowest BCUT2D eigenvalue weighted by Gasteiger charge is -1.96. The van der Waals surface area contributed by atoms with Crippen LogP contribution < -0.4 is 0 Å². The van der Waals surface area contributed by atoms with Gasteiger partial charge < -0.3 is 0 Å². The maximum absolute atomic E-state index is 12.9. The summed E-state index contributed by atoms with van der Waals surface area (Å²) >= 11 is 0. The molecule has 0 radical (unpaired) electrons. The minimum atomic E-state index is -0.273. The molecule has 5 heteroatoms. The van der Waals surface area contributed by atoms with Gasteiger partial charge in [0.05, 0.1) is 11.4 Å². The van der Waals surface area contributed by atoms with Crippen LogP contribution in [0.5, 0.6) is 0 Å². The molecule has 0 saturated heterocycles. The molecule has 0 atom stereocenters. The lowest BCUT2D eigenvalue weighted by atomic mass is 10.1. The van der Waals surface area contributed by atoms with Crippen LogP contribution in [0, 0.1) is 17.1 Å². The zero-order valence-corrected chi connectivity index (χ0v) is 10.3. The van der Waals surface area contributed by atoms with Crippen molar-refractivity contribution in [3.05, 3.63) is 60.2 Å². The minimum absolute atomic E-state index is 0.273. The Morgan fingerprint density at radius 2 is 1.80 bits per heavy atom.